The zero-order valence-corrected chi connectivity index (χ0v) is 8.50. The van der Waals surface area contributed by atoms with Crippen molar-refractivity contribution in [1.82, 2.24) is 0 Å². The average Bonchev–Trinajstić information content (AvgIpc) is 2.80. The Hall–Kier alpha value is -1.40. The molecule has 2 saturated heterocycles. The van der Waals surface area contributed by atoms with Gasteiger partial charge in [0.25, 0.3) is 0 Å². The van der Waals surface area contributed by atoms with Gasteiger partial charge >= 0.3 is 11.9 Å². The minimum atomic E-state index is -1.19. The second-order valence-corrected chi connectivity index (χ2v) is 3.64. The molecule has 0 aliphatic carbocycles. The van der Waals surface area contributed by atoms with Crippen LogP contribution in [-0.2, 0) is 23.8 Å². The number of rotatable bonds is 3. The van der Waals surface area contributed by atoms with Crippen molar-refractivity contribution in [3.63, 3.8) is 0 Å². The van der Waals surface area contributed by atoms with E-state index < -0.39 is 18.0 Å². The van der Waals surface area contributed by atoms with Crippen LogP contribution in [-0.4, -0.2) is 48.6 Å². The molecule has 0 aromatic carbocycles. The van der Waals surface area contributed by atoms with Gasteiger partial charge in [-0.3, -0.25) is 0 Å². The molecule has 0 aromatic rings. The third-order valence-electron chi connectivity index (χ3n) is 2.55. The van der Waals surface area contributed by atoms with Gasteiger partial charge in [0.1, 0.15) is 6.10 Å². The molecule has 0 spiro atoms. The Balaban J connectivity index is 1.85. The van der Waals surface area contributed by atoms with Crippen LogP contribution in [0.2, 0.25) is 0 Å². The fourth-order valence-electron chi connectivity index (χ4n) is 1.86. The molecule has 16 heavy (non-hydrogen) atoms. The molecule has 6 heteroatoms. The van der Waals surface area contributed by atoms with Crippen LogP contribution in [0.4, 0.5) is 0 Å². The van der Waals surface area contributed by atoms with Crippen LogP contribution in [0.1, 0.15) is 6.42 Å². The number of carboxylic acid groups (broad SMARTS) is 1. The van der Waals surface area contributed by atoms with Crippen molar-refractivity contribution in [3.8, 4) is 0 Å². The lowest BCUT2D eigenvalue weighted by Crippen LogP contribution is -2.31. The van der Waals surface area contributed by atoms with Crippen molar-refractivity contribution in [2.45, 2.75) is 24.7 Å². The molecule has 2 rings (SSSR count). The summed E-state index contributed by atoms with van der Waals surface area (Å²) in [7, 11) is 0. The lowest BCUT2D eigenvalue weighted by molar-refractivity contribution is -0.148. The number of carboxylic acids is 1. The highest BCUT2D eigenvalue weighted by Gasteiger charge is 2.43. The Morgan fingerprint density at radius 1 is 1.31 bits per heavy atom. The first-order valence-corrected chi connectivity index (χ1v) is 5.01. The molecule has 0 radical (unpaired) electrons. The first-order valence-electron chi connectivity index (χ1n) is 5.01. The number of hydrogen-bond donors (Lipinski definition) is 1. The van der Waals surface area contributed by atoms with Crippen LogP contribution in [0, 0.1) is 0 Å². The summed E-state index contributed by atoms with van der Waals surface area (Å²) in [6.45, 7) is 0.913. The zero-order chi connectivity index (χ0) is 11.5. The van der Waals surface area contributed by atoms with Crippen LogP contribution in [0.5, 0.6) is 0 Å². The molecule has 0 saturated carbocycles. The number of carbonyl (C=O) groups excluding carboxylic acids is 1. The quantitative estimate of drug-likeness (QED) is 0.528. The first-order chi connectivity index (χ1) is 7.66. The zero-order valence-electron chi connectivity index (χ0n) is 8.50. The van der Waals surface area contributed by atoms with Gasteiger partial charge in [-0.1, -0.05) is 0 Å². The average molecular weight is 228 g/mol. The normalized spacial score (nSPS) is 32.9. The highest BCUT2D eigenvalue weighted by molar-refractivity contribution is 5.90. The standard InChI is InChI=1S/C10H12O6/c11-8(12)1-2-9(13)16-7-5-15-6-3-4-14-10(6)7/h1-2,6-7,10H,3-5H2,(H,11,12)/b2-1-/t6-,7-,10+/m1/s1. The number of esters is 1. The van der Waals surface area contributed by atoms with Gasteiger partial charge in [0.15, 0.2) is 6.10 Å². The van der Waals surface area contributed by atoms with E-state index in [2.05, 4.69) is 0 Å². The summed E-state index contributed by atoms with van der Waals surface area (Å²) in [5, 5.41) is 8.33. The summed E-state index contributed by atoms with van der Waals surface area (Å²) in [5.74, 6) is -1.87. The van der Waals surface area contributed by atoms with Crippen molar-refractivity contribution in [2.24, 2.45) is 0 Å². The monoisotopic (exact) mass is 228 g/mol. The Labute approximate surface area is 91.8 Å². The van der Waals surface area contributed by atoms with E-state index in [0.29, 0.717) is 13.2 Å². The van der Waals surface area contributed by atoms with Gasteiger partial charge in [0.05, 0.1) is 12.7 Å². The summed E-state index contributed by atoms with van der Waals surface area (Å²) < 4.78 is 15.8. The first kappa shape index (κ1) is 11.1. The Bertz CT molecular complexity index is 323. The number of hydrogen-bond acceptors (Lipinski definition) is 5. The van der Waals surface area contributed by atoms with Crippen molar-refractivity contribution < 1.29 is 28.9 Å². The Morgan fingerprint density at radius 2 is 2.12 bits per heavy atom. The molecule has 2 aliphatic rings. The fourth-order valence-corrected chi connectivity index (χ4v) is 1.86. The van der Waals surface area contributed by atoms with Crippen molar-refractivity contribution in [3.05, 3.63) is 12.2 Å². The van der Waals surface area contributed by atoms with Gasteiger partial charge in [-0.05, 0) is 6.42 Å². The molecule has 2 fully saturated rings. The highest BCUT2D eigenvalue weighted by atomic mass is 16.6. The summed E-state index contributed by atoms with van der Waals surface area (Å²) in [5.41, 5.74) is 0. The number of fused-ring (bicyclic) bond motifs is 1. The minimum Gasteiger partial charge on any atom is -0.478 e. The molecule has 0 bridgehead atoms. The van der Waals surface area contributed by atoms with Crippen LogP contribution in [0.25, 0.3) is 0 Å². The van der Waals surface area contributed by atoms with Gasteiger partial charge in [0.2, 0.25) is 0 Å². The number of carbonyl (C=O) groups is 2. The number of ether oxygens (including phenoxy) is 3. The summed E-state index contributed by atoms with van der Waals surface area (Å²) >= 11 is 0. The maximum absolute atomic E-state index is 11.2. The van der Waals surface area contributed by atoms with E-state index in [9.17, 15) is 9.59 Å². The third kappa shape index (κ3) is 2.40. The maximum Gasteiger partial charge on any atom is 0.331 e. The van der Waals surface area contributed by atoms with Crippen molar-refractivity contribution in [2.75, 3.05) is 13.2 Å². The van der Waals surface area contributed by atoms with Gasteiger partial charge < -0.3 is 19.3 Å². The van der Waals surface area contributed by atoms with E-state index in [4.69, 9.17) is 19.3 Å². The van der Waals surface area contributed by atoms with Crippen molar-refractivity contribution in [1.29, 1.82) is 0 Å². The van der Waals surface area contributed by atoms with Crippen LogP contribution in [0.15, 0.2) is 12.2 Å². The predicted molar refractivity (Wildman–Crippen MR) is 50.8 cm³/mol. The molecule has 0 amide bonds. The minimum absolute atomic E-state index is 0.00116. The SMILES string of the molecule is O=C(O)/C=C\C(=O)O[C@@H]1CO[C@@H]2CCO[C@@H]21. The predicted octanol–water partition coefficient (Wildman–Crippen LogP) is -0.273. The molecular formula is C10H12O6. The largest absolute Gasteiger partial charge is 0.478 e. The van der Waals surface area contributed by atoms with E-state index in [1.165, 1.54) is 0 Å². The van der Waals surface area contributed by atoms with Gasteiger partial charge in [-0.15, -0.1) is 0 Å². The second-order valence-electron chi connectivity index (χ2n) is 3.64. The van der Waals surface area contributed by atoms with Gasteiger partial charge in [-0.2, -0.15) is 0 Å². The summed E-state index contributed by atoms with van der Waals surface area (Å²) in [6.07, 6.45) is 1.79. The van der Waals surface area contributed by atoms with Crippen LogP contribution >= 0.6 is 0 Å². The molecule has 2 heterocycles. The summed E-state index contributed by atoms with van der Waals surface area (Å²) in [6, 6.07) is 0. The molecule has 2 aliphatic heterocycles. The van der Waals surface area contributed by atoms with E-state index in [-0.39, 0.29) is 12.2 Å². The second kappa shape index (κ2) is 4.63. The molecule has 6 nitrogen and oxygen atoms in total. The van der Waals surface area contributed by atoms with E-state index in [0.717, 1.165) is 18.6 Å². The lowest BCUT2D eigenvalue weighted by Gasteiger charge is -2.15. The lowest BCUT2D eigenvalue weighted by atomic mass is 10.1. The highest BCUT2D eigenvalue weighted by Crippen LogP contribution is 2.28. The van der Waals surface area contributed by atoms with Crippen LogP contribution in [0.3, 0.4) is 0 Å². The van der Waals surface area contributed by atoms with Gasteiger partial charge in [-0.25, -0.2) is 9.59 Å². The smallest absolute Gasteiger partial charge is 0.331 e. The molecule has 88 valence electrons. The van der Waals surface area contributed by atoms with Gasteiger partial charge in [0, 0.05) is 18.8 Å². The Kier molecular flexibility index (Phi) is 3.21. The van der Waals surface area contributed by atoms with Crippen LogP contribution < -0.4 is 0 Å². The van der Waals surface area contributed by atoms with Crippen molar-refractivity contribution >= 4 is 11.9 Å². The third-order valence-corrected chi connectivity index (χ3v) is 2.55. The maximum atomic E-state index is 11.2. The molecular weight excluding hydrogens is 216 g/mol. The molecule has 3 atom stereocenters. The van der Waals surface area contributed by atoms with E-state index in [1.807, 2.05) is 0 Å². The fraction of sp³-hybridized carbons (Fsp3) is 0.600. The Morgan fingerprint density at radius 3 is 2.88 bits per heavy atom. The molecule has 1 N–H and O–H groups in total. The topological polar surface area (TPSA) is 82.1 Å². The van der Waals surface area contributed by atoms with E-state index >= 15 is 0 Å². The molecule has 0 unspecified atom stereocenters. The molecule has 0 aromatic heterocycles. The van der Waals surface area contributed by atoms with E-state index in [1.54, 1.807) is 0 Å². The summed E-state index contributed by atoms with van der Waals surface area (Å²) in [4.78, 5) is 21.4. The number of aliphatic carboxylic acids is 1.